The molecule has 2 aromatic carbocycles. The predicted octanol–water partition coefficient (Wildman–Crippen LogP) is 5.24. The first-order valence-electron chi connectivity index (χ1n) is 7.23. The molecule has 6 heteroatoms. The van der Waals surface area contributed by atoms with Gasteiger partial charge in [-0.2, -0.15) is 0 Å². The van der Waals surface area contributed by atoms with Crippen LogP contribution in [0.15, 0.2) is 53.4 Å². The van der Waals surface area contributed by atoms with Crippen LogP contribution in [0.1, 0.15) is 10.8 Å². The summed E-state index contributed by atoms with van der Waals surface area (Å²) in [5, 5.41) is 4.82. The van der Waals surface area contributed by atoms with Gasteiger partial charge in [0.15, 0.2) is 0 Å². The molecule has 23 heavy (non-hydrogen) atoms. The Morgan fingerprint density at radius 3 is 2.35 bits per heavy atom. The van der Waals surface area contributed by atoms with Crippen molar-refractivity contribution in [3.8, 4) is 0 Å². The number of thioether (sulfide) groups is 1. The minimum Gasteiger partial charge on any atom is -0.374 e. The van der Waals surface area contributed by atoms with Gasteiger partial charge >= 0.3 is 0 Å². The van der Waals surface area contributed by atoms with Crippen molar-refractivity contribution in [3.05, 3.63) is 64.1 Å². The van der Waals surface area contributed by atoms with E-state index in [0.717, 1.165) is 18.7 Å². The summed E-state index contributed by atoms with van der Waals surface area (Å²) >= 11 is 14.6. The van der Waals surface area contributed by atoms with Gasteiger partial charge in [0.05, 0.1) is 18.0 Å². The molecule has 0 bridgehead atoms. The molecule has 1 heterocycles. The van der Waals surface area contributed by atoms with Crippen molar-refractivity contribution < 1.29 is 4.74 Å². The van der Waals surface area contributed by atoms with Crippen molar-refractivity contribution in [2.45, 2.75) is 16.2 Å². The number of rotatable bonds is 4. The number of hydrogen-bond acceptors (Lipinski definition) is 3. The first kappa shape index (κ1) is 18.9. The third kappa shape index (κ3) is 4.79. The van der Waals surface area contributed by atoms with E-state index in [0.29, 0.717) is 16.7 Å². The third-order valence-corrected chi connectivity index (χ3v) is 5.58. The lowest BCUT2D eigenvalue weighted by Gasteiger charge is -2.32. The second kappa shape index (κ2) is 9.16. The number of ether oxygens (including phenoxy) is 1. The Labute approximate surface area is 157 Å². The highest BCUT2D eigenvalue weighted by Crippen LogP contribution is 2.44. The van der Waals surface area contributed by atoms with Gasteiger partial charge in [-0.3, -0.25) is 0 Å². The molecule has 1 N–H and O–H groups in total. The summed E-state index contributed by atoms with van der Waals surface area (Å²) in [5.74, 6) is 0. The van der Waals surface area contributed by atoms with Gasteiger partial charge < -0.3 is 10.1 Å². The quantitative estimate of drug-likeness (QED) is 0.722. The van der Waals surface area contributed by atoms with Crippen LogP contribution in [0.5, 0.6) is 0 Å². The molecule has 1 fully saturated rings. The first-order chi connectivity index (χ1) is 10.8. The molecule has 1 saturated heterocycles. The van der Waals surface area contributed by atoms with E-state index in [2.05, 4.69) is 17.4 Å². The smallest absolute Gasteiger partial charge is 0.0863 e. The van der Waals surface area contributed by atoms with Gasteiger partial charge in [-0.25, -0.2) is 0 Å². The van der Waals surface area contributed by atoms with Crippen LogP contribution in [0.4, 0.5) is 0 Å². The molecule has 0 radical (unpaired) electrons. The van der Waals surface area contributed by atoms with Gasteiger partial charge in [-0.15, -0.1) is 24.2 Å². The molecular formula is C17H18Cl3NOS. The lowest BCUT2D eigenvalue weighted by atomic mass is 10.1. The number of nitrogens with one attached hydrogen (secondary N) is 1. The molecule has 2 aromatic rings. The van der Waals surface area contributed by atoms with E-state index in [-0.39, 0.29) is 23.8 Å². The van der Waals surface area contributed by atoms with Crippen molar-refractivity contribution in [2.75, 3.05) is 19.7 Å². The molecule has 2 atom stereocenters. The predicted molar refractivity (Wildman–Crippen MR) is 101 cm³/mol. The minimum atomic E-state index is 0. The van der Waals surface area contributed by atoms with E-state index in [9.17, 15) is 0 Å². The number of benzene rings is 2. The van der Waals surface area contributed by atoms with Crippen molar-refractivity contribution in [3.63, 3.8) is 0 Å². The largest absolute Gasteiger partial charge is 0.374 e. The third-order valence-electron chi connectivity index (χ3n) is 3.58. The van der Waals surface area contributed by atoms with Gasteiger partial charge in [0.2, 0.25) is 0 Å². The summed E-state index contributed by atoms with van der Waals surface area (Å²) in [6.45, 7) is 2.39. The van der Waals surface area contributed by atoms with Crippen molar-refractivity contribution in [2.24, 2.45) is 0 Å². The van der Waals surface area contributed by atoms with Gasteiger partial charge in [-0.05, 0) is 24.3 Å². The van der Waals surface area contributed by atoms with Crippen LogP contribution >= 0.6 is 47.4 Å². The van der Waals surface area contributed by atoms with Crippen molar-refractivity contribution in [1.82, 2.24) is 5.32 Å². The van der Waals surface area contributed by atoms with E-state index in [1.165, 1.54) is 4.90 Å². The Kier molecular flexibility index (Phi) is 7.54. The zero-order chi connectivity index (χ0) is 15.4. The minimum absolute atomic E-state index is 0. The molecule has 1 aliphatic rings. The summed E-state index contributed by atoms with van der Waals surface area (Å²) < 4.78 is 5.98. The highest BCUT2D eigenvalue weighted by Gasteiger charge is 2.30. The molecule has 124 valence electrons. The van der Waals surface area contributed by atoms with E-state index in [1.54, 1.807) is 11.8 Å². The first-order valence-corrected chi connectivity index (χ1v) is 8.87. The summed E-state index contributed by atoms with van der Waals surface area (Å²) in [4.78, 5) is 1.18. The van der Waals surface area contributed by atoms with E-state index >= 15 is 0 Å². The van der Waals surface area contributed by atoms with Crippen molar-refractivity contribution in [1.29, 1.82) is 0 Å². The maximum Gasteiger partial charge on any atom is 0.0863 e. The normalized spacial score (nSPS) is 19.0. The molecule has 0 amide bonds. The highest BCUT2D eigenvalue weighted by atomic mass is 35.5. The van der Waals surface area contributed by atoms with Crippen LogP contribution in [-0.4, -0.2) is 25.8 Å². The van der Waals surface area contributed by atoms with Gasteiger partial charge in [0.1, 0.15) is 0 Å². The average Bonchev–Trinajstić information content (AvgIpc) is 2.55. The maximum atomic E-state index is 6.44. The van der Waals surface area contributed by atoms with Crippen LogP contribution in [-0.2, 0) is 4.74 Å². The summed E-state index contributed by atoms with van der Waals surface area (Å²) in [5.41, 5.74) is 0.952. The topological polar surface area (TPSA) is 21.3 Å². The lowest BCUT2D eigenvalue weighted by molar-refractivity contribution is 0.0273. The van der Waals surface area contributed by atoms with Gasteiger partial charge in [0.25, 0.3) is 0 Å². The Bertz CT molecular complexity index is 600. The van der Waals surface area contributed by atoms with Gasteiger partial charge in [0, 0.05) is 33.6 Å². The maximum absolute atomic E-state index is 6.44. The van der Waals surface area contributed by atoms with Crippen LogP contribution < -0.4 is 5.32 Å². The SMILES string of the molecule is Cl.Clc1cccc(Cl)c1C(Sc1ccccc1)[C@H]1CNCCO1. The zero-order valence-electron chi connectivity index (χ0n) is 12.4. The standard InChI is InChI=1S/C17H17Cl2NOS.ClH/c18-13-7-4-8-14(19)16(13)17(15-11-20-9-10-21-15)22-12-5-2-1-3-6-12;/h1-8,15,17,20H,9-11H2;1H/t15-,17?;/m1./s1. The Morgan fingerprint density at radius 1 is 1.04 bits per heavy atom. The van der Waals surface area contributed by atoms with Crippen LogP contribution in [0.3, 0.4) is 0 Å². The molecule has 1 aliphatic heterocycles. The summed E-state index contributed by atoms with van der Waals surface area (Å²) in [6, 6.07) is 15.9. The average molecular weight is 391 g/mol. The highest BCUT2D eigenvalue weighted by molar-refractivity contribution is 7.99. The zero-order valence-corrected chi connectivity index (χ0v) is 15.5. The number of hydrogen-bond donors (Lipinski definition) is 1. The van der Waals surface area contributed by atoms with Crippen LogP contribution in [0.2, 0.25) is 10.0 Å². The molecule has 0 aromatic heterocycles. The molecule has 1 unspecified atom stereocenters. The number of halogens is 3. The molecule has 0 aliphatic carbocycles. The fourth-order valence-corrected chi connectivity index (χ4v) is 4.60. The Balaban J connectivity index is 0.00000192. The number of morpholine rings is 1. The van der Waals surface area contributed by atoms with Crippen molar-refractivity contribution >= 4 is 47.4 Å². The Morgan fingerprint density at radius 2 is 1.74 bits per heavy atom. The fraction of sp³-hybridized carbons (Fsp3) is 0.294. The van der Waals surface area contributed by atoms with Gasteiger partial charge in [-0.1, -0.05) is 47.5 Å². The summed E-state index contributed by atoms with van der Waals surface area (Å²) in [7, 11) is 0. The van der Waals surface area contributed by atoms with Crippen LogP contribution in [0, 0.1) is 0 Å². The van der Waals surface area contributed by atoms with E-state index < -0.39 is 0 Å². The van der Waals surface area contributed by atoms with Crippen LogP contribution in [0.25, 0.3) is 0 Å². The second-order valence-corrected chi connectivity index (χ2v) is 7.13. The fourth-order valence-electron chi connectivity index (χ4n) is 2.53. The van der Waals surface area contributed by atoms with E-state index in [4.69, 9.17) is 27.9 Å². The lowest BCUT2D eigenvalue weighted by Crippen LogP contribution is -2.41. The Hall–Kier alpha value is -0.420. The second-order valence-electron chi connectivity index (χ2n) is 5.10. The molecule has 0 saturated carbocycles. The van der Waals surface area contributed by atoms with E-state index in [1.807, 2.05) is 36.4 Å². The molecular weight excluding hydrogens is 373 g/mol. The monoisotopic (exact) mass is 389 g/mol. The molecule has 0 spiro atoms. The molecule has 2 nitrogen and oxygen atoms in total. The molecule has 3 rings (SSSR count). The summed E-state index contributed by atoms with van der Waals surface area (Å²) in [6.07, 6.45) is 0.0383.